The maximum absolute atomic E-state index is 11.0. The maximum Gasteiger partial charge on any atom is 0.307 e. The van der Waals surface area contributed by atoms with Crippen LogP contribution in [0.1, 0.15) is 25.3 Å². The summed E-state index contributed by atoms with van der Waals surface area (Å²) in [5.41, 5.74) is 0.994. The Hall–Kier alpha value is -0.830. The SMILES string of the molecule is CC1(C)C(C(=O)O)C1c1cccc(Br)c1. The van der Waals surface area contributed by atoms with Crippen LogP contribution in [0, 0.1) is 11.3 Å². The van der Waals surface area contributed by atoms with E-state index in [2.05, 4.69) is 15.9 Å². The maximum atomic E-state index is 11.0. The third-order valence-corrected chi connectivity index (χ3v) is 3.79. The largest absolute Gasteiger partial charge is 0.481 e. The normalized spacial score (nSPS) is 27.4. The summed E-state index contributed by atoms with van der Waals surface area (Å²) in [5, 5.41) is 9.08. The summed E-state index contributed by atoms with van der Waals surface area (Å²) in [6.07, 6.45) is 0. The molecular weight excluding hydrogens is 256 g/mol. The third-order valence-electron chi connectivity index (χ3n) is 3.30. The van der Waals surface area contributed by atoms with Gasteiger partial charge < -0.3 is 5.11 Å². The minimum absolute atomic E-state index is 0.118. The number of rotatable bonds is 2. The Morgan fingerprint density at radius 3 is 2.60 bits per heavy atom. The van der Waals surface area contributed by atoms with E-state index in [1.807, 2.05) is 38.1 Å². The van der Waals surface area contributed by atoms with E-state index < -0.39 is 5.97 Å². The molecule has 0 aliphatic heterocycles. The molecule has 2 nitrogen and oxygen atoms in total. The molecule has 0 radical (unpaired) electrons. The average molecular weight is 269 g/mol. The lowest BCUT2D eigenvalue weighted by Gasteiger charge is -2.02. The summed E-state index contributed by atoms with van der Waals surface area (Å²) >= 11 is 3.41. The van der Waals surface area contributed by atoms with Crippen LogP contribution in [0.15, 0.2) is 28.7 Å². The van der Waals surface area contributed by atoms with Crippen molar-refractivity contribution in [3.05, 3.63) is 34.3 Å². The van der Waals surface area contributed by atoms with Crippen LogP contribution in [-0.2, 0) is 4.79 Å². The van der Waals surface area contributed by atoms with Crippen molar-refractivity contribution in [3.63, 3.8) is 0 Å². The van der Waals surface area contributed by atoms with Crippen LogP contribution in [0.25, 0.3) is 0 Å². The lowest BCUT2D eigenvalue weighted by molar-refractivity contribution is -0.139. The lowest BCUT2D eigenvalue weighted by Crippen LogP contribution is -2.03. The van der Waals surface area contributed by atoms with Crippen molar-refractivity contribution in [2.75, 3.05) is 0 Å². The lowest BCUT2D eigenvalue weighted by atomic mass is 10.0. The molecule has 1 aromatic carbocycles. The van der Waals surface area contributed by atoms with Crippen LogP contribution in [0.3, 0.4) is 0 Å². The molecular formula is C12H13BrO2. The van der Waals surface area contributed by atoms with Gasteiger partial charge in [-0.3, -0.25) is 4.79 Å². The zero-order chi connectivity index (χ0) is 11.2. The Morgan fingerprint density at radius 2 is 2.13 bits per heavy atom. The molecule has 1 aliphatic carbocycles. The summed E-state index contributed by atoms with van der Waals surface area (Å²) in [7, 11) is 0. The summed E-state index contributed by atoms with van der Waals surface area (Å²) in [6.45, 7) is 4.02. The molecule has 1 saturated carbocycles. The van der Waals surface area contributed by atoms with Crippen LogP contribution in [-0.4, -0.2) is 11.1 Å². The van der Waals surface area contributed by atoms with Crippen LogP contribution in [0.5, 0.6) is 0 Å². The topological polar surface area (TPSA) is 37.3 Å². The molecule has 0 saturated heterocycles. The predicted octanol–water partition coefficient (Wildman–Crippen LogP) is 3.27. The summed E-state index contributed by atoms with van der Waals surface area (Å²) in [6, 6.07) is 7.91. The molecule has 1 aromatic rings. The summed E-state index contributed by atoms with van der Waals surface area (Å²) in [4.78, 5) is 11.0. The van der Waals surface area contributed by atoms with Gasteiger partial charge in [0.25, 0.3) is 0 Å². The first kappa shape index (κ1) is 10.7. The number of carboxylic acids is 1. The van der Waals surface area contributed by atoms with Gasteiger partial charge in [0.15, 0.2) is 0 Å². The molecule has 2 rings (SSSR count). The highest BCUT2D eigenvalue weighted by Crippen LogP contribution is 2.64. The van der Waals surface area contributed by atoms with Gasteiger partial charge in [-0.2, -0.15) is 0 Å². The Labute approximate surface area is 97.4 Å². The van der Waals surface area contributed by atoms with E-state index in [1.54, 1.807) is 0 Å². The van der Waals surface area contributed by atoms with Gasteiger partial charge in [0.1, 0.15) is 0 Å². The van der Waals surface area contributed by atoms with E-state index in [-0.39, 0.29) is 17.3 Å². The van der Waals surface area contributed by atoms with Gasteiger partial charge in [0, 0.05) is 10.4 Å². The molecule has 0 spiro atoms. The van der Waals surface area contributed by atoms with E-state index in [1.165, 1.54) is 0 Å². The van der Waals surface area contributed by atoms with Gasteiger partial charge in [-0.1, -0.05) is 41.9 Å². The van der Waals surface area contributed by atoms with Gasteiger partial charge in [0.2, 0.25) is 0 Å². The second-order valence-electron chi connectivity index (χ2n) is 4.67. The molecule has 80 valence electrons. The van der Waals surface area contributed by atoms with Gasteiger partial charge in [-0.25, -0.2) is 0 Å². The minimum Gasteiger partial charge on any atom is -0.481 e. The second kappa shape index (κ2) is 3.34. The quantitative estimate of drug-likeness (QED) is 0.894. The number of halogens is 1. The van der Waals surface area contributed by atoms with E-state index in [0.29, 0.717) is 0 Å². The Bertz CT molecular complexity index is 412. The molecule has 0 heterocycles. The number of benzene rings is 1. The fraction of sp³-hybridized carbons (Fsp3) is 0.417. The molecule has 2 unspecified atom stereocenters. The number of carbonyl (C=O) groups is 1. The van der Waals surface area contributed by atoms with Gasteiger partial charge >= 0.3 is 5.97 Å². The first-order valence-electron chi connectivity index (χ1n) is 4.93. The molecule has 15 heavy (non-hydrogen) atoms. The van der Waals surface area contributed by atoms with Crippen LogP contribution in [0.2, 0.25) is 0 Å². The monoisotopic (exact) mass is 268 g/mol. The zero-order valence-electron chi connectivity index (χ0n) is 8.70. The van der Waals surface area contributed by atoms with E-state index in [4.69, 9.17) is 5.11 Å². The molecule has 1 aliphatic rings. The minimum atomic E-state index is -0.690. The van der Waals surface area contributed by atoms with E-state index >= 15 is 0 Å². The standard InChI is InChI=1S/C12H13BrO2/c1-12(2)9(10(12)11(14)15)7-4-3-5-8(13)6-7/h3-6,9-10H,1-2H3,(H,14,15). The molecule has 0 amide bonds. The Morgan fingerprint density at radius 1 is 1.47 bits per heavy atom. The van der Waals surface area contributed by atoms with Gasteiger partial charge in [-0.05, 0) is 23.1 Å². The van der Waals surface area contributed by atoms with E-state index in [0.717, 1.165) is 10.0 Å². The highest BCUT2D eigenvalue weighted by atomic mass is 79.9. The van der Waals surface area contributed by atoms with Gasteiger partial charge in [0.05, 0.1) is 5.92 Å². The van der Waals surface area contributed by atoms with Crippen LogP contribution < -0.4 is 0 Å². The fourth-order valence-corrected chi connectivity index (χ4v) is 2.84. The van der Waals surface area contributed by atoms with Crippen LogP contribution in [0.4, 0.5) is 0 Å². The molecule has 1 N–H and O–H groups in total. The fourth-order valence-electron chi connectivity index (χ4n) is 2.42. The van der Waals surface area contributed by atoms with Crippen molar-refractivity contribution in [2.24, 2.45) is 11.3 Å². The van der Waals surface area contributed by atoms with Crippen molar-refractivity contribution in [3.8, 4) is 0 Å². The highest BCUT2D eigenvalue weighted by Gasteiger charge is 2.62. The molecule has 3 heteroatoms. The number of hydrogen-bond donors (Lipinski definition) is 1. The Balaban J connectivity index is 2.31. The van der Waals surface area contributed by atoms with E-state index in [9.17, 15) is 4.79 Å². The van der Waals surface area contributed by atoms with Gasteiger partial charge in [-0.15, -0.1) is 0 Å². The Kier molecular flexibility index (Phi) is 2.38. The highest BCUT2D eigenvalue weighted by molar-refractivity contribution is 9.10. The number of hydrogen-bond acceptors (Lipinski definition) is 1. The number of aliphatic carboxylic acids is 1. The average Bonchev–Trinajstić information content (AvgIpc) is 2.69. The van der Waals surface area contributed by atoms with Crippen molar-refractivity contribution in [2.45, 2.75) is 19.8 Å². The summed E-state index contributed by atoms with van der Waals surface area (Å²) in [5.74, 6) is -0.788. The second-order valence-corrected chi connectivity index (χ2v) is 5.59. The summed E-state index contributed by atoms with van der Waals surface area (Å²) < 4.78 is 1.01. The molecule has 1 fully saturated rings. The first-order chi connectivity index (χ1) is 6.94. The predicted molar refractivity (Wildman–Crippen MR) is 61.8 cm³/mol. The van der Waals surface area contributed by atoms with Crippen molar-refractivity contribution in [1.29, 1.82) is 0 Å². The smallest absolute Gasteiger partial charge is 0.307 e. The van der Waals surface area contributed by atoms with Crippen molar-refractivity contribution in [1.82, 2.24) is 0 Å². The molecule has 0 bridgehead atoms. The first-order valence-corrected chi connectivity index (χ1v) is 5.72. The number of carboxylic acid groups (broad SMARTS) is 1. The van der Waals surface area contributed by atoms with Crippen molar-refractivity contribution < 1.29 is 9.90 Å². The molecule has 2 atom stereocenters. The van der Waals surface area contributed by atoms with Crippen molar-refractivity contribution >= 4 is 21.9 Å². The molecule has 0 aromatic heterocycles. The third kappa shape index (κ3) is 1.69. The zero-order valence-corrected chi connectivity index (χ0v) is 10.3. The van der Waals surface area contributed by atoms with Crippen LogP contribution >= 0.6 is 15.9 Å².